The van der Waals surface area contributed by atoms with E-state index in [9.17, 15) is 4.79 Å². The first-order valence-corrected chi connectivity index (χ1v) is 6.59. The normalized spacial score (nSPS) is 11.9. The lowest BCUT2D eigenvalue weighted by atomic mass is 10.1. The molecule has 19 heavy (non-hydrogen) atoms. The summed E-state index contributed by atoms with van der Waals surface area (Å²) >= 11 is 3.17. The third kappa shape index (κ3) is 3.38. The van der Waals surface area contributed by atoms with E-state index >= 15 is 0 Å². The SMILES string of the molecule is COc1ccc(C(C)NC(=O)c2ccc(Br)o2)cc1. The van der Waals surface area contributed by atoms with Crippen LogP contribution in [0.25, 0.3) is 0 Å². The number of benzene rings is 1. The molecule has 2 rings (SSSR count). The zero-order valence-corrected chi connectivity index (χ0v) is 12.2. The number of hydrogen-bond acceptors (Lipinski definition) is 3. The average molecular weight is 324 g/mol. The molecule has 100 valence electrons. The molecule has 1 unspecified atom stereocenters. The fourth-order valence-electron chi connectivity index (χ4n) is 1.68. The minimum Gasteiger partial charge on any atom is -0.497 e. The van der Waals surface area contributed by atoms with Gasteiger partial charge in [-0.3, -0.25) is 4.79 Å². The van der Waals surface area contributed by atoms with Gasteiger partial charge in [0.2, 0.25) is 0 Å². The second-order valence-corrected chi connectivity index (χ2v) is 4.85. The standard InChI is InChI=1S/C14H14BrNO3/c1-9(10-3-5-11(18-2)6-4-10)16-14(17)12-7-8-13(15)19-12/h3-9H,1-2H3,(H,16,17). The van der Waals surface area contributed by atoms with Crippen molar-refractivity contribution in [3.63, 3.8) is 0 Å². The summed E-state index contributed by atoms with van der Waals surface area (Å²) in [5, 5.41) is 2.87. The van der Waals surface area contributed by atoms with Crippen LogP contribution in [-0.2, 0) is 0 Å². The van der Waals surface area contributed by atoms with Crippen LogP contribution >= 0.6 is 15.9 Å². The Balaban J connectivity index is 2.03. The molecule has 0 saturated heterocycles. The topological polar surface area (TPSA) is 51.5 Å². The summed E-state index contributed by atoms with van der Waals surface area (Å²) in [4.78, 5) is 11.9. The quantitative estimate of drug-likeness (QED) is 0.936. The highest BCUT2D eigenvalue weighted by molar-refractivity contribution is 9.10. The minimum absolute atomic E-state index is 0.109. The van der Waals surface area contributed by atoms with Gasteiger partial charge in [-0.15, -0.1) is 0 Å². The van der Waals surface area contributed by atoms with Crippen LogP contribution < -0.4 is 10.1 Å². The van der Waals surface area contributed by atoms with E-state index in [-0.39, 0.29) is 17.7 Å². The van der Waals surface area contributed by atoms with Crippen molar-refractivity contribution in [2.24, 2.45) is 0 Å². The van der Waals surface area contributed by atoms with Gasteiger partial charge in [0, 0.05) is 0 Å². The number of nitrogens with one attached hydrogen (secondary N) is 1. The summed E-state index contributed by atoms with van der Waals surface area (Å²) in [6, 6.07) is 10.8. The number of rotatable bonds is 4. The molecule has 1 amide bonds. The molecule has 0 aliphatic heterocycles. The van der Waals surface area contributed by atoms with Crippen molar-refractivity contribution >= 4 is 21.8 Å². The van der Waals surface area contributed by atoms with Crippen LogP contribution in [0.1, 0.15) is 29.1 Å². The highest BCUT2D eigenvalue weighted by Gasteiger charge is 2.14. The number of ether oxygens (including phenoxy) is 1. The van der Waals surface area contributed by atoms with Gasteiger partial charge in [0.15, 0.2) is 10.4 Å². The van der Waals surface area contributed by atoms with Crippen LogP contribution in [-0.4, -0.2) is 13.0 Å². The van der Waals surface area contributed by atoms with Gasteiger partial charge in [-0.1, -0.05) is 12.1 Å². The van der Waals surface area contributed by atoms with Gasteiger partial charge in [-0.05, 0) is 52.7 Å². The molecule has 0 spiro atoms. The van der Waals surface area contributed by atoms with Crippen molar-refractivity contribution in [2.75, 3.05) is 7.11 Å². The molecule has 0 aliphatic carbocycles. The monoisotopic (exact) mass is 323 g/mol. The Hall–Kier alpha value is -1.75. The number of halogens is 1. The molecule has 4 nitrogen and oxygen atoms in total. The Morgan fingerprint density at radius 3 is 2.47 bits per heavy atom. The van der Waals surface area contributed by atoms with Crippen molar-refractivity contribution in [2.45, 2.75) is 13.0 Å². The highest BCUT2D eigenvalue weighted by Crippen LogP contribution is 2.19. The fourth-order valence-corrected chi connectivity index (χ4v) is 1.99. The van der Waals surface area contributed by atoms with Crippen LogP contribution in [0.15, 0.2) is 45.5 Å². The van der Waals surface area contributed by atoms with Crippen molar-refractivity contribution < 1.29 is 13.9 Å². The lowest BCUT2D eigenvalue weighted by molar-refractivity contribution is 0.0910. The van der Waals surface area contributed by atoms with Crippen LogP contribution in [0.2, 0.25) is 0 Å². The van der Waals surface area contributed by atoms with Gasteiger partial charge in [0.25, 0.3) is 5.91 Å². The molecule has 0 radical (unpaired) electrons. The van der Waals surface area contributed by atoms with Crippen LogP contribution in [0, 0.1) is 0 Å². The predicted molar refractivity (Wildman–Crippen MR) is 75.3 cm³/mol. The van der Waals surface area contributed by atoms with Crippen molar-refractivity contribution in [1.29, 1.82) is 0 Å². The second-order valence-electron chi connectivity index (χ2n) is 4.07. The largest absolute Gasteiger partial charge is 0.497 e. The average Bonchev–Trinajstić information content (AvgIpc) is 2.85. The maximum absolute atomic E-state index is 11.9. The van der Waals surface area contributed by atoms with Crippen molar-refractivity contribution in [3.8, 4) is 5.75 Å². The Bertz CT molecular complexity index is 562. The van der Waals surface area contributed by atoms with Gasteiger partial charge < -0.3 is 14.5 Å². The minimum atomic E-state index is -0.242. The molecule has 1 atom stereocenters. The lowest BCUT2D eigenvalue weighted by Gasteiger charge is -2.13. The van der Waals surface area contributed by atoms with Crippen molar-refractivity contribution in [1.82, 2.24) is 5.32 Å². The van der Waals surface area contributed by atoms with E-state index < -0.39 is 0 Å². The zero-order valence-electron chi connectivity index (χ0n) is 10.6. The number of hydrogen-bond donors (Lipinski definition) is 1. The molecule has 1 aromatic carbocycles. The zero-order chi connectivity index (χ0) is 13.8. The first kappa shape index (κ1) is 13.7. The van der Waals surface area contributed by atoms with E-state index in [0.29, 0.717) is 4.67 Å². The molecule has 0 bridgehead atoms. The number of carbonyl (C=O) groups is 1. The molecule has 2 aromatic rings. The lowest BCUT2D eigenvalue weighted by Crippen LogP contribution is -2.26. The van der Waals surface area contributed by atoms with E-state index in [4.69, 9.17) is 9.15 Å². The van der Waals surface area contributed by atoms with Gasteiger partial charge in [0.1, 0.15) is 5.75 Å². The van der Waals surface area contributed by atoms with Crippen LogP contribution in [0.4, 0.5) is 0 Å². The fraction of sp³-hybridized carbons (Fsp3) is 0.214. The molecule has 1 heterocycles. The first-order chi connectivity index (χ1) is 9.10. The Morgan fingerprint density at radius 1 is 1.26 bits per heavy atom. The summed E-state index contributed by atoms with van der Waals surface area (Å²) < 4.78 is 10.8. The number of carbonyl (C=O) groups excluding carboxylic acids is 1. The number of methoxy groups -OCH3 is 1. The second kappa shape index (κ2) is 5.93. The molecule has 1 N–H and O–H groups in total. The molecule has 0 aliphatic rings. The molecule has 0 saturated carbocycles. The van der Waals surface area contributed by atoms with Crippen molar-refractivity contribution in [3.05, 3.63) is 52.4 Å². The summed E-state index contributed by atoms with van der Waals surface area (Å²) in [5.74, 6) is 0.832. The molecule has 1 aromatic heterocycles. The Morgan fingerprint density at radius 2 is 1.95 bits per heavy atom. The smallest absolute Gasteiger partial charge is 0.287 e. The molecule has 0 fully saturated rings. The van der Waals surface area contributed by atoms with E-state index in [1.807, 2.05) is 31.2 Å². The maximum Gasteiger partial charge on any atom is 0.287 e. The molecule has 5 heteroatoms. The third-order valence-electron chi connectivity index (χ3n) is 2.76. The summed E-state index contributed by atoms with van der Waals surface area (Å²) in [6.45, 7) is 1.91. The van der Waals surface area contributed by atoms with E-state index in [0.717, 1.165) is 11.3 Å². The van der Waals surface area contributed by atoms with E-state index in [2.05, 4.69) is 21.2 Å². The summed E-state index contributed by atoms with van der Waals surface area (Å²) in [6.07, 6.45) is 0. The third-order valence-corrected chi connectivity index (χ3v) is 3.19. The van der Waals surface area contributed by atoms with Gasteiger partial charge in [-0.25, -0.2) is 0 Å². The molecular formula is C14H14BrNO3. The van der Waals surface area contributed by atoms with E-state index in [1.165, 1.54) is 0 Å². The predicted octanol–water partition coefficient (Wildman–Crippen LogP) is 3.54. The van der Waals surface area contributed by atoms with Crippen LogP contribution in [0.3, 0.4) is 0 Å². The summed E-state index contributed by atoms with van der Waals surface area (Å²) in [5.41, 5.74) is 1.000. The van der Waals surface area contributed by atoms with E-state index in [1.54, 1.807) is 19.2 Å². The van der Waals surface area contributed by atoms with Gasteiger partial charge >= 0.3 is 0 Å². The Labute approximate surface area is 119 Å². The van der Waals surface area contributed by atoms with Gasteiger partial charge in [0.05, 0.1) is 13.2 Å². The number of furan rings is 1. The summed E-state index contributed by atoms with van der Waals surface area (Å²) in [7, 11) is 1.62. The van der Waals surface area contributed by atoms with Gasteiger partial charge in [-0.2, -0.15) is 0 Å². The molecular weight excluding hydrogens is 310 g/mol. The van der Waals surface area contributed by atoms with Crippen LogP contribution in [0.5, 0.6) is 5.75 Å². The first-order valence-electron chi connectivity index (χ1n) is 5.80. The Kier molecular flexibility index (Phi) is 4.27. The highest BCUT2D eigenvalue weighted by atomic mass is 79.9. The number of amides is 1. The maximum atomic E-state index is 11.9.